The van der Waals surface area contributed by atoms with Crippen molar-refractivity contribution in [2.45, 2.75) is 26.8 Å². The second kappa shape index (κ2) is 7.75. The van der Waals surface area contributed by atoms with Gasteiger partial charge < -0.3 is 20.1 Å². The fourth-order valence-corrected chi connectivity index (χ4v) is 2.05. The van der Waals surface area contributed by atoms with Gasteiger partial charge in [-0.1, -0.05) is 13.8 Å². The zero-order valence-corrected chi connectivity index (χ0v) is 12.6. The summed E-state index contributed by atoms with van der Waals surface area (Å²) in [6, 6.07) is 4.67. The standard InChI is InChI=1S/C15H24N2O3/c1-5-17(6-2)10-11(3)16-15(19)13-8-7-12(20-4)9-14(13)18/h7-9,11,18H,5-6,10H2,1-4H3,(H,16,19). The summed E-state index contributed by atoms with van der Waals surface area (Å²) in [5, 5.41) is 12.7. The van der Waals surface area contributed by atoms with Crippen LogP contribution in [-0.4, -0.2) is 48.7 Å². The molecular weight excluding hydrogens is 256 g/mol. The van der Waals surface area contributed by atoms with Gasteiger partial charge in [-0.3, -0.25) is 4.79 Å². The Kier molecular flexibility index (Phi) is 6.31. The molecule has 0 spiro atoms. The molecule has 0 aliphatic carbocycles. The number of hydrogen-bond acceptors (Lipinski definition) is 4. The Morgan fingerprint density at radius 2 is 2.05 bits per heavy atom. The van der Waals surface area contributed by atoms with Crippen LogP contribution in [-0.2, 0) is 0 Å². The summed E-state index contributed by atoms with van der Waals surface area (Å²) in [5.74, 6) is 0.178. The lowest BCUT2D eigenvalue weighted by Crippen LogP contribution is -2.41. The van der Waals surface area contributed by atoms with Crippen LogP contribution in [0.25, 0.3) is 0 Å². The van der Waals surface area contributed by atoms with Gasteiger partial charge in [-0.05, 0) is 32.1 Å². The van der Waals surface area contributed by atoms with Gasteiger partial charge in [-0.25, -0.2) is 0 Å². The van der Waals surface area contributed by atoms with Crippen molar-refractivity contribution in [1.29, 1.82) is 0 Å². The molecule has 112 valence electrons. The minimum atomic E-state index is -0.273. The third-order valence-corrected chi connectivity index (χ3v) is 3.25. The van der Waals surface area contributed by atoms with Crippen LogP contribution < -0.4 is 10.1 Å². The van der Waals surface area contributed by atoms with Gasteiger partial charge in [0.15, 0.2) is 0 Å². The highest BCUT2D eigenvalue weighted by Crippen LogP contribution is 2.23. The van der Waals surface area contributed by atoms with Gasteiger partial charge >= 0.3 is 0 Å². The Morgan fingerprint density at radius 1 is 1.40 bits per heavy atom. The normalized spacial score (nSPS) is 12.2. The van der Waals surface area contributed by atoms with Crippen molar-refractivity contribution in [1.82, 2.24) is 10.2 Å². The smallest absolute Gasteiger partial charge is 0.255 e. The van der Waals surface area contributed by atoms with Crippen LogP contribution in [0.5, 0.6) is 11.5 Å². The number of rotatable bonds is 7. The summed E-state index contributed by atoms with van der Waals surface area (Å²) in [6.07, 6.45) is 0. The minimum absolute atomic E-state index is 0.0175. The first kappa shape index (κ1) is 16.3. The predicted octanol–water partition coefficient (Wildman–Crippen LogP) is 1.86. The van der Waals surface area contributed by atoms with E-state index in [1.54, 1.807) is 12.1 Å². The molecule has 0 aliphatic heterocycles. The van der Waals surface area contributed by atoms with Gasteiger partial charge in [-0.15, -0.1) is 0 Å². The molecule has 5 nitrogen and oxygen atoms in total. The van der Waals surface area contributed by atoms with E-state index in [1.807, 2.05) is 6.92 Å². The number of ether oxygens (including phenoxy) is 1. The molecule has 1 atom stereocenters. The van der Waals surface area contributed by atoms with Gasteiger partial charge in [0.2, 0.25) is 0 Å². The summed E-state index contributed by atoms with van der Waals surface area (Å²) in [5.41, 5.74) is 0.261. The van der Waals surface area contributed by atoms with Crippen LogP contribution >= 0.6 is 0 Å². The van der Waals surface area contributed by atoms with Gasteiger partial charge in [0.25, 0.3) is 5.91 Å². The summed E-state index contributed by atoms with van der Waals surface area (Å²) in [6.45, 7) is 8.82. The predicted molar refractivity (Wildman–Crippen MR) is 79.4 cm³/mol. The van der Waals surface area contributed by atoms with Crippen molar-refractivity contribution in [3.63, 3.8) is 0 Å². The molecule has 1 amide bonds. The van der Waals surface area contributed by atoms with E-state index in [-0.39, 0.29) is 23.3 Å². The first-order chi connectivity index (χ1) is 9.51. The quantitative estimate of drug-likeness (QED) is 0.800. The van der Waals surface area contributed by atoms with E-state index in [1.165, 1.54) is 13.2 Å². The Bertz CT molecular complexity index is 445. The molecule has 0 aromatic heterocycles. The molecule has 5 heteroatoms. The number of amides is 1. The molecule has 1 rings (SSSR count). The van der Waals surface area contributed by atoms with Gasteiger partial charge in [0, 0.05) is 18.7 Å². The van der Waals surface area contributed by atoms with Crippen LogP contribution in [0.1, 0.15) is 31.1 Å². The molecule has 1 unspecified atom stereocenters. The lowest BCUT2D eigenvalue weighted by Gasteiger charge is -2.23. The second-order valence-electron chi connectivity index (χ2n) is 4.74. The van der Waals surface area contributed by atoms with E-state index >= 15 is 0 Å². The second-order valence-corrected chi connectivity index (χ2v) is 4.74. The van der Waals surface area contributed by atoms with E-state index in [4.69, 9.17) is 4.74 Å². The largest absolute Gasteiger partial charge is 0.507 e. The summed E-state index contributed by atoms with van der Waals surface area (Å²) in [4.78, 5) is 14.3. The maximum atomic E-state index is 12.1. The van der Waals surface area contributed by atoms with Crippen molar-refractivity contribution in [3.8, 4) is 11.5 Å². The molecule has 1 aromatic carbocycles. The number of carbonyl (C=O) groups excluding carboxylic acids is 1. The number of aromatic hydroxyl groups is 1. The van der Waals surface area contributed by atoms with Crippen LogP contribution in [0.3, 0.4) is 0 Å². The SMILES string of the molecule is CCN(CC)CC(C)NC(=O)c1ccc(OC)cc1O. The molecule has 0 aliphatic rings. The molecule has 0 saturated heterocycles. The fraction of sp³-hybridized carbons (Fsp3) is 0.533. The molecule has 1 aromatic rings. The maximum Gasteiger partial charge on any atom is 0.255 e. The highest BCUT2D eigenvalue weighted by molar-refractivity contribution is 5.97. The molecule has 0 fully saturated rings. The topological polar surface area (TPSA) is 61.8 Å². The zero-order chi connectivity index (χ0) is 15.1. The number of nitrogens with one attached hydrogen (secondary N) is 1. The van der Waals surface area contributed by atoms with Gasteiger partial charge in [0.05, 0.1) is 12.7 Å². The fourth-order valence-electron chi connectivity index (χ4n) is 2.05. The first-order valence-electron chi connectivity index (χ1n) is 6.92. The van der Waals surface area contributed by atoms with E-state index in [0.717, 1.165) is 19.6 Å². The first-order valence-corrected chi connectivity index (χ1v) is 6.92. The Labute approximate surface area is 120 Å². The van der Waals surface area contributed by atoms with Gasteiger partial charge in [0.1, 0.15) is 11.5 Å². The Morgan fingerprint density at radius 3 is 2.55 bits per heavy atom. The lowest BCUT2D eigenvalue weighted by molar-refractivity contribution is 0.0927. The van der Waals surface area contributed by atoms with Gasteiger partial charge in [-0.2, -0.15) is 0 Å². The number of methoxy groups -OCH3 is 1. The number of likely N-dealkylation sites (N-methyl/N-ethyl adjacent to an activating group) is 1. The van der Waals surface area contributed by atoms with E-state index in [0.29, 0.717) is 5.75 Å². The lowest BCUT2D eigenvalue weighted by atomic mass is 10.1. The number of nitrogens with zero attached hydrogens (tertiary/aromatic N) is 1. The zero-order valence-electron chi connectivity index (χ0n) is 12.6. The summed E-state index contributed by atoms with van der Waals surface area (Å²) < 4.78 is 4.99. The molecule has 0 bridgehead atoms. The van der Waals surface area contributed by atoms with Crippen LogP contribution in [0.15, 0.2) is 18.2 Å². The van der Waals surface area contributed by atoms with Crippen LogP contribution in [0.2, 0.25) is 0 Å². The number of carbonyl (C=O) groups is 1. The van der Waals surface area contributed by atoms with Crippen LogP contribution in [0.4, 0.5) is 0 Å². The van der Waals surface area contributed by atoms with E-state index < -0.39 is 0 Å². The molecule has 0 heterocycles. The molecular formula is C15H24N2O3. The summed E-state index contributed by atoms with van der Waals surface area (Å²) in [7, 11) is 1.51. The maximum absolute atomic E-state index is 12.1. The number of phenolic OH excluding ortho intramolecular Hbond substituents is 1. The minimum Gasteiger partial charge on any atom is -0.507 e. The average molecular weight is 280 g/mol. The molecule has 0 radical (unpaired) electrons. The van der Waals surface area contributed by atoms with Crippen LogP contribution in [0, 0.1) is 0 Å². The number of hydrogen-bond donors (Lipinski definition) is 2. The van der Waals surface area contributed by atoms with Crippen molar-refractivity contribution in [3.05, 3.63) is 23.8 Å². The third-order valence-electron chi connectivity index (χ3n) is 3.25. The van der Waals surface area contributed by atoms with Crippen molar-refractivity contribution >= 4 is 5.91 Å². The van der Waals surface area contributed by atoms with Crippen molar-refractivity contribution in [2.24, 2.45) is 0 Å². The summed E-state index contributed by atoms with van der Waals surface area (Å²) >= 11 is 0. The number of benzene rings is 1. The molecule has 20 heavy (non-hydrogen) atoms. The Balaban J connectivity index is 2.66. The Hall–Kier alpha value is -1.75. The third kappa shape index (κ3) is 4.42. The highest BCUT2D eigenvalue weighted by Gasteiger charge is 2.15. The van der Waals surface area contributed by atoms with Crippen molar-refractivity contribution < 1.29 is 14.6 Å². The van der Waals surface area contributed by atoms with E-state index in [2.05, 4.69) is 24.1 Å². The average Bonchev–Trinajstić information content (AvgIpc) is 2.44. The number of phenols is 1. The molecule has 0 saturated carbocycles. The van der Waals surface area contributed by atoms with E-state index in [9.17, 15) is 9.90 Å². The highest BCUT2D eigenvalue weighted by atomic mass is 16.5. The monoisotopic (exact) mass is 280 g/mol. The van der Waals surface area contributed by atoms with Crippen molar-refractivity contribution in [2.75, 3.05) is 26.7 Å². The molecule has 2 N–H and O–H groups in total.